The van der Waals surface area contributed by atoms with Crippen molar-refractivity contribution in [2.24, 2.45) is 11.8 Å². The van der Waals surface area contributed by atoms with Gasteiger partial charge in [-0.2, -0.15) is 0 Å². The molecule has 1 aliphatic rings. The number of nitrogens with zero attached hydrogens (tertiary/aromatic N) is 1. The molecule has 1 aliphatic heterocycles. The van der Waals surface area contributed by atoms with E-state index in [1.807, 2.05) is 31.3 Å². The normalized spacial score (nSPS) is 21.3. The number of carbonyl (C=O) groups excluding carboxylic acids is 1. The lowest BCUT2D eigenvalue weighted by atomic mass is 9.88. The van der Waals surface area contributed by atoms with E-state index in [2.05, 4.69) is 13.8 Å². The van der Waals surface area contributed by atoms with Gasteiger partial charge in [-0.25, -0.2) is 0 Å². The number of ether oxygens (including phenoxy) is 2. The van der Waals surface area contributed by atoms with Crippen molar-refractivity contribution in [1.82, 2.24) is 4.90 Å². The van der Waals surface area contributed by atoms with Crippen LogP contribution in [0.2, 0.25) is 0 Å². The summed E-state index contributed by atoms with van der Waals surface area (Å²) in [5, 5.41) is 0. The molecule has 0 unspecified atom stereocenters. The highest BCUT2D eigenvalue weighted by molar-refractivity contribution is 5.76. The second kappa shape index (κ2) is 8.34. The molecule has 2 atom stereocenters. The Labute approximate surface area is 139 Å². The zero-order chi connectivity index (χ0) is 16.8. The molecular weight excluding hydrogens is 290 g/mol. The lowest BCUT2D eigenvalue weighted by molar-refractivity contribution is -0.133. The van der Waals surface area contributed by atoms with Gasteiger partial charge in [0.25, 0.3) is 0 Å². The molecule has 1 fully saturated rings. The molecule has 0 radical (unpaired) electrons. The topological polar surface area (TPSA) is 38.8 Å². The third kappa shape index (κ3) is 4.96. The number of rotatable bonds is 6. The zero-order valence-corrected chi connectivity index (χ0v) is 14.7. The number of amides is 1. The number of hydrogen-bond acceptors (Lipinski definition) is 3. The lowest BCUT2D eigenvalue weighted by Gasteiger charge is -2.32. The third-order valence-electron chi connectivity index (χ3n) is 4.66. The molecular formula is C19H29NO3. The van der Waals surface area contributed by atoms with Gasteiger partial charge in [-0.05, 0) is 30.7 Å². The van der Waals surface area contributed by atoms with Crippen molar-refractivity contribution in [3.8, 4) is 5.75 Å². The summed E-state index contributed by atoms with van der Waals surface area (Å²) in [7, 11) is 3.53. The minimum atomic E-state index is 0.199. The molecule has 2 rings (SSSR count). The molecule has 0 aromatic heterocycles. The highest BCUT2D eigenvalue weighted by atomic mass is 16.5. The van der Waals surface area contributed by atoms with Crippen LogP contribution in [0.1, 0.15) is 38.7 Å². The first-order valence-electron chi connectivity index (χ1n) is 8.48. The van der Waals surface area contributed by atoms with Crippen LogP contribution in [0.15, 0.2) is 24.3 Å². The Hall–Kier alpha value is -1.55. The molecule has 128 valence electrons. The summed E-state index contributed by atoms with van der Waals surface area (Å²) in [5.41, 5.74) is 1.04. The van der Waals surface area contributed by atoms with Gasteiger partial charge in [-0.3, -0.25) is 4.79 Å². The van der Waals surface area contributed by atoms with E-state index < -0.39 is 0 Å². The van der Waals surface area contributed by atoms with Gasteiger partial charge in [0.05, 0.1) is 13.2 Å². The zero-order valence-electron chi connectivity index (χ0n) is 14.7. The van der Waals surface area contributed by atoms with Gasteiger partial charge in [0, 0.05) is 32.2 Å². The number of carbonyl (C=O) groups is 1. The molecule has 1 saturated heterocycles. The molecule has 1 aromatic rings. The predicted molar refractivity (Wildman–Crippen MR) is 91.4 cm³/mol. The van der Waals surface area contributed by atoms with Gasteiger partial charge in [-0.1, -0.05) is 32.0 Å². The van der Waals surface area contributed by atoms with E-state index in [1.165, 1.54) is 0 Å². The summed E-state index contributed by atoms with van der Waals surface area (Å²) >= 11 is 0. The summed E-state index contributed by atoms with van der Waals surface area (Å²) in [6.45, 7) is 5.72. The van der Waals surface area contributed by atoms with Crippen molar-refractivity contribution in [2.45, 2.75) is 45.8 Å². The second-order valence-electron chi connectivity index (χ2n) is 6.81. The van der Waals surface area contributed by atoms with Gasteiger partial charge >= 0.3 is 0 Å². The third-order valence-corrected chi connectivity index (χ3v) is 4.66. The van der Waals surface area contributed by atoms with Crippen molar-refractivity contribution >= 4 is 5.91 Å². The fourth-order valence-corrected chi connectivity index (χ4v) is 3.13. The van der Waals surface area contributed by atoms with Crippen LogP contribution in [0.25, 0.3) is 0 Å². The summed E-state index contributed by atoms with van der Waals surface area (Å²) < 4.78 is 11.2. The molecule has 0 bridgehead atoms. The standard InChI is InChI=1S/C19H29NO3/c1-14(2)18-11-15(9-10-23-18)12-19(21)20(3)13-16-7-5-6-8-17(16)22-4/h5-8,14-15,18H,9-13H2,1-4H3/t15-,18+/m0/s1. The predicted octanol–water partition coefficient (Wildman–Crippen LogP) is 3.49. The number of hydrogen-bond donors (Lipinski definition) is 0. The SMILES string of the molecule is COc1ccccc1CN(C)C(=O)C[C@H]1CCO[C@@H](C(C)C)C1. The van der Waals surface area contributed by atoms with E-state index in [0.717, 1.165) is 30.8 Å². The van der Waals surface area contributed by atoms with E-state index in [4.69, 9.17) is 9.47 Å². The largest absolute Gasteiger partial charge is 0.496 e. The summed E-state index contributed by atoms with van der Waals surface area (Å²) in [6.07, 6.45) is 2.88. The highest BCUT2D eigenvalue weighted by Crippen LogP contribution is 2.28. The highest BCUT2D eigenvalue weighted by Gasteiger charge is 2.27. The lowest BCUT2D eigenvalue weighted by Crippen LogP contribution is -2.34. The van der Waals surface area contributed by atoms with Crippen LogP contribution < -0.4 is 4.74 Å². The fourth-order valence-electron chi connectivity index (χ4n) is 3.13. The van der Waals surface area contributed by atoms with Gasteiger partial charge in [-0.15, -0.1) is 0 Å². The monoisotopic (exact) mass is 319 g/mol. The van der Waals surface area contributed by atoms with Crippen molar-refractivity contribution in [3.63, 3.8) is 0 Å². The number of methoxy groups -OCH3 is 1. The Balaban J connectivity index is 1.90. The van der Waals surface area contributed by atoms with Crippen LogP contribution in [0.5, 0.6) is 5.75 Å². The molecule has 0 saturated carbocycles. The Morgan fingerprint density at radius 2 is 2.13 bits per heavy atom. The average Bonchev–Trinajstić information content (AvgIpc) is 2.55. The molecule has 0 aliphatic carbocycles. The van der Waals surface area contributed by atoms with Gasteiger partial charge in [0.2, 0.25) is 5.91 Å². The van der Waals surface area contributed by atoms with Crippen LogP contribution in [0, 0.1) is 11.8 Å². The molecule has 1 aromatic carbocycles. The Morgan fingerprint density at radius 1 is 1.39 bits per heavy atom. The minimum absolute atomic E-state index is 0.199. The van der Waals surface area contributed by atoms with Crippen molar-refractivity contribution in [2.75, 3.05) is 20.8 Å². The Bertz CT molecular complexity index is 515. The van der Waals surface area contributed by atoms with Crippen molar-refractivity contribution < 1.29 is 14.3 Å². The molecule has 4 heteroatoms. The van der Waals surface area contributed by atoms with Gasteiger partial charge < -0.3 is 14.4 Å². The molecule has 4 nitrogen and oxygen atoms in total. The Morgan fingerprint density at radius 3 is 2.83 bits per heavy atom. The van der Waals surface area contributed by atoms with Crippen LogP contribution in [0.4, 0.5) is 0 Å². The van der Waals surface area contributed by atoms with E-state index in [1.54, 1.807) is 12.0 Å². The van der Waals surface area contributed by atoms with E-state index in [0.29, 0.717) is 30.9 Å². The van der Waals surface area contributed by atoms with Crippen LogP contribution in [-0.4, -0.2) is 37.7 Å². The first-order chi connectivity index (χ1) is 11.0. The first-order valence-corrected chi connectivity index (χ1v) is 8.48. The van der Waals surface area contributed by atoms with Gasteiger partial charge in [0.1, 0.15) is 5.75 Å². The molecule has 1 heterocycles. The smallest absolute Gasteiger partial charge is 0.222 e. The van der Waals surface area contributed by atoms with Crippen molar-refractivity contribution in [3.05, 3.63) is 29.8 Å². The fraction of sp³-hybridized carbons (Fsp3) is 0.632. The molecule has 23 heavy (non-hydrogen) atoms. The number of para-hydroxylation sites is 1. The van der Waals surface area contributed by atoms with Crippen LogP contribution >= 0.6 is 0 Å². The van der Waals surface area contributed by atoms with Crippen LogP contribution in [-0.2, 0) is 16.1 Å². The maximum absolute atomic E-state index is 12.5. The van der Waals surface area contributed by atoms with E-state index >= 15 is 0 Å². The molecule has 0 N–H and O–H groups in total. The first kappa shape index (κ1) is 17.8. The summed E-state index contributed by atoms with van der Waals surface area (Å²) in [4.78, 5) is 14.3. The van der Waals surface area contributed by atoms with Crippen LogP contribution in [0.3, 0.4) is 0 Å². The number of benzene rings is 1. The second-order valence-corrected chi connectivity index (χ2v) is 6.81. The summed E-state index contributed by atoms with van der Waals surface area (Å²) in [5.74, 6) is 1.98. The van der Waals surface area contributed by atoms with E-state index in [9.17, 15) is 4.79 Å². The maximum atomic E-state index is 12.5. The summed E-state index contributed by atoms with van der Waals surface area (Å²) in [6, 6.07) is 7.85. The minimum Gasteiger partial charge on any atom is -0.496 e. The maximum Gasteiger partial charge on any atom is 0.222 e. The quantitative estimate of drug-likeness (QED) is 0.805. The molecule has 0 spiro atoms. The van der Waals surface area contributed by atoms with Gasteiger partial charge in [0.15, 0.2) is 0 Å². The Kier molecular flexibility index (Phi) is 6.46. The average molecular weight is 319 g/mol. The van der Waals surface area contributed by atoms with E-state index in [-0.39, 0.29) is 5.91 Å². The molecule has 1 amide bonds. The van der Waals surface area contributed by atoms with Crippen molar-refractivity contribution in [1.29, 1.82) is 0 Å².